The Kier molecular flexibility index (Phi) is 3.52. The number of fused-ring (bicyclic) bond motifs is 1. The Bertz CT molecular complexity index is 650. The summed E-state index contributed by atoms with van der Waals surface area (Å²) in [5.41, 5.74) is 3.14. The summed E-state index contributed by atoms with van der Waals surface area (Å²) >= 11 is 0. The van der Waals surface area contributed by atoms with Crippen molar-refractivity contribution in [3.63, 3.8) is 0 Å². The van der Waals surface area contributed by atoms with E-state index in [4.69, 9.17) is 5.73 Å². The Labute approximate surface area is 113 Å². The quantitative estimate of drug-likeness (QED) is 0.941. The highest BCUT2D eigenvalue weighted by atomic mass is 19.4. The molecule has 106 valence electrons. The number of pyridine rings is 1. The number of para-hydroxylation sites is 1. The minimum atomic E-state index is -4.78. The monoisotopic (exact) mass is 282 g/mol. The van der Waals surface area contributed by atoms with Crippen LogP contribution in [0.15, 0.2) is 36.4 Å². The van der Waals surface area contributed by atoms with E-state index in [2.05, 4.69) is 4.98 Å². The third-order valence-electron chi connectivity index (χ3n) is 3.17. The zero-order valence-corrected chi connectivity index (χ0v) is 10.7. The summed E-state index contributed by atoms with van der Waals surface area (Å²) in [6, 6.07) is 10.4. The Balaban J connectivity index is 2.26. The number of hydrogen-bond donors (Lipinski definition) is 1. The van der Waals surface area contributed by atoms with E-state index in [1.54, 1.807) is 18.2 Å². The number of aromatic nitrogens is 1. The molecule has 2 aromatic rings. The molecular weight excluding hydrogens is 269 g/mol. The molecule has 0 aliphatic heterocycles. The van der Waals surface area contributed by atoms with Gasteiger partial charge in [0.15, 0.2) is 11.3 Å². The first-order chi connectivity index (χ1) is 9.22. The molecule has 0 fully saturated rings. The lowest BCUT2D eigenvalue weighted by atomic mass is 9.93. The molecule has 0 aliphatic carbocycles. The molecular formula is C14H13F3N2O. The van der Waals surface area contributed by atoms with Crippen LogP contribution in [0.3, 0.4) is 0 Å². The van der Waals surface area contributed by atoms with E-state index < -0.39 is 23.9 Å². The van der Waals surface area contributed by atoms with Crippen molar-refractivity contribution in [3.05, 3.63) is 42.1 Å². The molecule has 1 aromatic heterocycles. The van der Waals surface area contributed by atoms with Gasteiger partial charge in [0.25, 0.3) is 0 Å². The largest absolute Gasteiger partial charge is 0.413 e. The summed E-state index contributed by atoms with van der Waals surface area (Å²) in [7, 11) is 0. The van der Waals surface area contributed by atoms with E-state index in [1.807, 2.05) is 12.1 Å². The van der Waals surface area contributed by atoms with E-state index in [1.165, 1.54) is 6.07 Å². The van der Waals surface area contributed by atoms with E-state index in [-0.39, 0.29) is 5.69 Å². The van der Waals surface area contributed by atoms with Crippen molar-refractivity contribution < 1.29 is 18.0 Å². The Hall–Kier alpha value is -1.95. The normalized spacial score (nSPS) is 15.1. The maximum Gasteiger partial charge on any atom is 0.413 e. The molecule has 0 amide bonds. The van der Waals surface area contributed by atoms with Gasteiger partial charge >= 0.3 is 6.18 Å². The van der Waals surface area contributed by atoms with Crippen LogP contribution in [-0.2, 0) is 11.2 Å². The van der Waals surface area contributed by atoms with Gasteiger partial charge in [0.2, 0.25) is 0 Å². The molecule has 0 aliphatic rings. The fourth-order valence-electron chi connectivity index (χ4n) is 1.71. The number of rotatable bonds is 3. The summed E-state index contributed by atoms with van der Waals surface area (Å²) in [6.07, 6.45) is -5.22. The van der Waals surface area contributed by atoms with E-state index in [9.17, 15) is 18.0 Å². The van der Waals surface area contributed by atoms with Crippen LogP contribution in [0.1, 0.15) is 12.6 Å². The SMILES string of the molecule is CC(N)(C(=O)Cc1ccc2ccccc2n1)C(F)(F)F. The summed E-state index contributed by atoms with van der Waals surface area (Å²) in [5, 5.41) is 0.857. The Morgan fingerprint density at radius 2 is 1.85 bits per heavy atom. The van der Waals surface area contributed by atoms with E-state index in [0.717, 1.165) is 5.39 Å². The van der Waals surface area contributed by atoms with Gasteiger partial charge in [-0.05, 0) is 19.1 Å². The van der Waals surface area contributed by atoms with Crippen molar-refractivity contribution in [2.75, 3.05) is 0 Å². The number of nitrogens with zero attached hydrogens (tertiary/aromatic N) is 1. The molecule has 1 unspecified atom stereocenters. The van der Waals surface area contributed by atoms with Crippen LogP contribution >= 0.6 is 0 Å². The van der Waals surface area contributed by atoms with Crippen LogP contribution < -0.4 is 5.73 Å². The van der Waals surface area contributed by atoms with Crippen molar-refractivity contribution in [1.29, 1.82) is 0 Å². The van der Waals surface area contributed by atoms with Gasteiger partial charge in [-0.25, -0.2) is 0 Å². The molecule has 1 aromatic carbocycles. The molecule has 0 spiro atoms. The first kappa shape index (κ1) is 14.5. The summed E-state index contributed by atoms with van der Waals surface area (Å²) in [4.78, 5) is 15.9. The fraction of sp³-hybridized carbons (Fsp3) is 0.286. The van der Waals surface area contributed by atoms with Crippen LogP contribution in [-0.4, -0.2) is 22.5 Å². The second kappa shape index (κ2) is 4.86. The van der Waals surface area contributed by atoms with Crippen molar-refractivity contribution >= 4 is 16.7 Å². The first-order valence-electron chi connectivity index (χ1n) is 5.95. The molecule has 1 atom stereocenters. The van der Waals surface area contributed by atoms with Crippen LogP contribution in [0.25, 0.3) is 10.9 Å². The molecule has 20 heavy (non-hydrogen) atoms. The Morgan fingerprint density at radius 1 is 1.20 bits per heavy atom. The average molecular weight is 282 g/mol. The smallest absolute Gasteiger partial charge is 0.312 e. The molecule has 2 N–H and O–H groups in total. The molecule has 2 rings (SSSR count). The van der Waals surface area contributed by atoms with Gasteiger partial charge in [-0.1, -0.05) is 24.3 Å². The zero-order valence-electron chi connectivity index (χ0n) is 10.7. The third-order valence-corrected chi connectivity index (χ3v) is 3.17. The summed E-state index contributed by atoms with van der Waals surface area (Å²) in [6.45, 7) is 0.677. The molecule has 0 radical (unpaired) electrons. The maximum absolute atomic E-state index is 12.7. The first-order valence-corrected chi connectivity index (χ1v) is 5.95. The molecule has 0 saturated carbocycles. The predicted molar refractivity (Wildman–Crippen MR) is 69.1 cm³/mol. The number of halogens is 3. The van der Waals surface area contributed by atoms with Crippen LogP contribution in [0.5, 0.6) is 0 Å². The van der Waals surface area contributed by atoms with Gasteiger partial charge in [0.05, 0.1) is 11.9 Å². The fourth-order valence-corrected chi connectivity index (χ4v) is 1.71. The number of Topliss-reactive ketones (excluding diaryl/α,β-unsaturated/α-hetero) is 1. The van der Waals surface area contributed by atoms with Gasteiger partial charge in [-0.15, -0.1) is 0 Å². The standard InChI is InChI=1S/C14H13F3N2O/c1-13(18,14(15,16)17)12(20)8-10-7-6-9-4-2-3-5-11(9)19-10/h2-7H,8,18H2,1H3. The topological polar surface area (TPSA) is 56.0 Å². The highest BCUT2D eigenvalue weighted by Crippen LogP contribution is 2.29. The number of nitrogens with two attached hydrogens (primary N) is 1. The van der Waals surface area contributed by atoms with Crippen molar-refractivity contribution in [3.8, 4) is 0 Å². The number of benzene rings is 1. The lowest BCUT2D eigenvalue weighted by Crippen LogP contribution is -2.57. The average Bonchev–Trinajstić information content (AvgIpc) is 2.37. The number of ketones is 1. The number of alkyl halides is 3. The molecule has 0 bridgehead atoms. The summed E-state index contributed by atoms with van der Waals surface area (Å²) in [5.74, 6) is -1.10. The molecule has 1 heterocycles. The van der Waals surface area contributed by atoms with Crippen LogP contribution in [0.4, 0.5) is 13.2 Å². The van der Waals surface area contributed by atoms with Crippen molar-refractivity contribution in [1.82, 2.24) is 4.98 Å². The minimum absolute atomic E-state index is 0.273. The second-order valence-electron chi connectivity index (χ2n) is 4.80. The number of hydrogen-bond acceptors (Lipinski definition) is 3. The van der Waals surface area contributed by atoms with E-state index in [0.29, 0.717) is 12.4 Å². The highest BCUT2D eigenvalue weighted by molar-refractivity contribution is 5.90. The van der Waals surface area contributed by atoms with Gasteiger partial charge in [-0.3, -0.25) is 9.78 Å². The number of carbonyl (C=O) groups excluding carboxylic acids is 1. The van der Waals surface area contributed by atoms with Crippen LogP contribution in [0.2, 0.25) is 0 Å². The minimum Gasteiger partial charge on any atom is -0.312 e. The van der Waals surface area contributed by atoms with Crippen LogP contribution in [0, 0.1) is 0 Å². The van der Waals surface area contributed by atoms with Gasteiger partial charge < -0.3 is 5.73 Å². The van der Waals surface area contributed by atoms with Gasteiger partial charge in [0, 0.05) is 11.1 Å². The lowest BCUT2D eigenvalue weighted by molar-refractivity contribution is -0.185. The van der Waals surface area contributed by atoms with Gasteiger partial charge in [0.1, 0.15) is 0 Å². The third kappa shape index (κ3) is 2.65. The molecule has 3 nitrogen and oxygen atoms in total. The lowest BCUT2D eigenvalue weighted by Gasteiger charge is -2.25. The molecule has 0 saturated heterocycles. The Morgan fingerprint density at radius 3 is 2.50 bits per heavy atom. The zero-order chi connectivity index (χ0) is 15.0. The summed E-state index contributed by atoms with van der Waals surface area (Å²) < 4.78 is 38.0. The number of carbonyl (C=O) groups is 1. The highest BCUT2D eigenvalue weighted by Gasteiger charge is 2.53. The predicted octanol–water partition coefficient (Wildman–Crippen LogP) is 2.63. The molecule has 6 heteroatoms. The van der Waals surface area contributed by atoms with E-state index >= 15 is 0 Å². The van der Waals surface area contributed by atoms with Gasteiger partial charge in [-0.2, -0.15) is 13.2 Å². The maximum atomic E-state index is 12.7. The van der Waals surface area contributed by atoms with Crippen molar-refractivity contribution in [2.45, 2.75) is 25.1 Å². The second-order valence-corrected chi connectivity index (χ2v) is 4.80. The van der Waals surface area contributed by atoms with Crippen molar-refractivity contribution in [2.24, 2.45) is 5.73 Å².